The normalized spacial score (nSPS) is 17.8. The van der Waals surface area contributed by atoms with Gasteiger partial charge in [0.1, 0.15) is 0 Å². The molecule has 0 spiro atoms. The molecule has 0 heteroatoms. The average molecular weight is 171 g/mol. The first kappa shape index (κ1) is 9.79. The number of allylic oxidation sites excluding steroid dienone is 10. The van der Waals surface area contributed by atoms with Crippen LogP contribution in [0.15, 0.2) is 54.7 Å². The van der Waals surface area contributed by atoms with E-state index in [0.717, 1.165) is 19.3 Å². The van der Waals surface area contributed by atoms with Crippen molar-refractivity contribution in [1.29, 1.82) is 0 Å². The van der Waals surface area contributed by atoms with Crippen molar-refractivity contribution in [2.75, 3.05) is 0 Å². The van der Waals surface area contributed by atoms with Crippen molar-refractivity contribution in [2.45, 2.75) is 19.3 Å². The minimum absolute atomic E-state index is 0.908. The molecule has 1 radical (unpaired) electrons. The third-order valence-electron chi connectivity index (χ3n) is 1.68. The Hall–Kier alpha value is -1.30. The van der Waals surface area contributed by atoms with Gasteiger partial charge in [-0.1, -0.05) is 54.7 Å². The van der Waals surface area contributed by atoms with Crippen LogP contribution in [0.5, 0.6) is 0 Å². The summed E-state index contributed by atoms with van der Waals surface area (Å²) in [6.45, 7) is 0. The Morgan fingerprint density at radius 3 is 2.23 bits per heavy atom. The Morgan fingerprint density at radius 2 is 1.38 bits per heavy atom. The fraction of sp³-hybridized carbons (Fsp3) is 0.231. The van der Waals surface area contributed by atoms with Crippen molar-refractivity contribution in [3.05, 3.63) is 60.8 Å². The molecule has 1 aliphatic carbocycles. The molecule has 1 rings (SSSR count). The molecule has 0 saturated carbocycles. The maximum atomic E-state index is 3.18. The van der Waals surface area contributed by atoms with Crippen LogP contribution < -0.4 is 0 Å². The molecule has 0 aromatic heterocycles. The lowest BCUT2D eigenvalue weighted by Crippen LogP contribution is -1.60. The Morgan fingerprint density at radius 1 is 0.692 bits per heavy atom. The van der Waals surface area contributed by atoms with Crippen LogP contribution in [0, 0.1) is 6.08 Å². The molecule has 0 aliphatic heterocycles. The highest BCUT2D eigenvalue weighted by Crippen LogP contribution is 1.94. The van der Waals surface area contributed by atoms with E-state index in [-0.39, 0.29) is 0 Å². The minimum Gasteiger partial charge on any atom is -0.0844 e. The van der Waals surface area contributed by atoms with Crippen LogP contribution in [-0.4, -0.2) is 0 Å². The van der Waals surface area contributed by atoms with Crippen LogP contribution in [0.4, 0.5) is 0 Å². The Bertz CT molecular complexity index is 223. The van der Waals surface area contributed by atoms with E-state index in [2.05, 4.69) is 48.6 Å². The number of hydrogen-bond acceptors (Lipinski definition) is 0. The van der Waals surface area contributed by atoms with Crippen molar-refractivity contribution in [3.63, 3.8) is 0 Å². The molecule has 67 valence electrons. The van der Waals surface area contributed by atoms with Crippen molar-refractivity contribution >= 4 is 0 Å². The number of rotatable bonds is 0. The Labute approximate surface area is 80.7 Å². The maximum Gasteiger partial charge on any atom is -0.00945 e. The molecule has 0 amide bonds. The first-order valence-electron chi connectivity index (χ1n) is 4.68. The summed E-state index contributed by atoms with van der Waals surface area (Å²) >= 11 is 0. The summed E-state index contributed by atoms with van der Waals surface area (Å²) in [4.78, 5) is 0. The topological polar surface area (TPSA) is 0 Å². The smallest absolute Gasteiger partial charge is 0.00945 e. The first-order chi connectivity index (χ1) is 6.50. The highest BCUT2D eigenvalue weighted by molar-refractivity contribution is 5.09. The fourth-order valence-corrected chi connectivity index (χ4v) is 1.00. The molecule has 0 bridgehead atoms. The molecule has 1 aliphatic rings. The Kier molecular flexibility index (Phi) is 5.54. The maximum absolute atomic E-state index is 3.18. The molecule has 0 atom stereocenters. The second-order valence-electron chi connectivity index (χ2n) is 2.80. The van der Waals surface area contributed by atoms with Crippen LogP contribution in [-0.2, 0) is 0 Å². The number of hydrogen-bond donors (Lipinski definition) is 0. The molecule has 0 nitrogen and oxygen atoms in total. The second kappa shape index (κ2) is 7.35. The van der Waals surface area contributed by atoms with E-state index >= 15 is 0 Å². The predicted octanol–water partition coefficient (Wildman–Crippen LogP) is 3.75. The predicted molar refractivity (Wildman–Crippen MR) is 58.2 cm³/mol. The van der Waals surface area contributed by atoms with Gasteiger partial charge in [0.2, 0.25) is 0 Å². The summed E-state index contributed by atoms with van der Waals surface area (Å²) in [5.74, 6) is 0. The summed E-state index contributed by atoms with van der Waals surface area (Å²) < 4.78 is 0. The lowest BCUT2D eigenvalue weighted by Gasteiger charge is -1.80. The standard InChI is InChI=1S/C13H15/c1-2-4-6-8-10-12-13-11-9-7-5-3-1/h1-4,7-11H,5-6,12H2. The van der Waals surface area contributed by atoms with Crippen LogP contribution in [0.1, 0.15) is 19.3 Å². The zero-order valence-electron chi connectivity index (χ0n) is 7.82. The summed E-state index contributed by atoms with van der Waals surface area (Å²) in [6.07, 6.45) is 25.0. The monoisotopic (exact) mass is 171 g/mol. The quantitative estimate of drug-likeness (QED) is 0.487. The van der Waals surface area contributed by atoms with Crippen LogP contribution in [0.2, 0.25) is 0 Å². The SMILES string of the molecule is [C]1=CC=CCC=CC=CCC=CC1. The van der Waals surface area contributed by atoms with Crippen molar-refractivity contribution in [3.8, 4) is 0 Å². The highest BCUT2D eigenvalue weighted by atomic mass is 13.8. The van der Waals surface area contributed by atoms with Crippen LogP contribution in [0.3, 0.4) is 0 Å². The molecule has 0 fully saturated rings. The first-order valence-corrected chi connectivity index (χ1v) is 4.68. The molecule has 0 aromatic carbocycles. The van der Waals surface area contributed by atoms with Crippen molar-refractivity contribution < 1.29 is 0 Å². The Balaban J connectivity index is 2.49. The molecule has 0 aromatic rings. The zero-order chi connectivity index (χ0) is 9.19. The summed E-state index contributed by atoms with van der Waals surface area (Å²) in [6, 6.07) is 0. The zero-order valence-corrected chi connectivity index (χ0v) is 7.82. The van der Waals surface area contributed by atoms with E-state index in [0.29, 0.717) is 0 Å². The molecule has 0 heterocycles. The summed E-state index contributed by atoms with van der Waals surface area (Å²) in [5, 5.41) is 0. The molecular formula is C13H15. The van der Waals surface area contributed by atoms with Gasteiger partial charge in [0, 0.05) is 0 Å². The third kappa shape index (κ3) is 5.92. The molecule has 0 unspecified atom stereocenters. The van der Waals surface area contributed by atoms with Crippen molar-refractivity contribution in [1.82, 2.24) is 0 Å². The second-order valence-corrected chi connectivity index (χ2v) is 2.80. The lowest BCUT2D eigenvalue weighted by atomic mass is 10.3. The summed E-state index contributed by atoms with van der Waals surface area (Å²) in [7, 11) is 0. The molecule has 13 heavy (non-hydrogen) atoms. The van der Waals surface area contributed by atoms with Gasteiger partial charge in [0.05, 0.1) is 0 Å². The van der Waals surface area contributed by atoms with Gasteiger partial charge in [0.25, 0.3) is 0 Å². The van der Waals surface area contributed by atoms with Gasteiger partial charge in [-0.3, -0.25) is 0 Å². The van der Waals surface area contributed by atoms with E-state index < -0.39 is 0 Å². The van der Waals surface area contributed by atoms with Gasteiger partial charge in [-0.05, 0) is 25.3 Å². The average Bonchev–Trinajstić information content (AvgIpc) is 2.18. The van der Waals surface area contributed by atoms with Gasteiger partial charge in [-0.2, -0.15) is 0 Å². The van der Waals surface area contributed by atoms with E-state index in [1.165, 1.54) is 0 Å². The van der Waals surface area contributed by atoms with E-state index in [9.17, 15) is 0 Å². The van der Waals surface area contributed by atoms with Gasteiger partial charge in [0.15, 0.2) is 0 Å². The van der Waals surface area contributed by atoms with Gasteiger partial charge in [-0.25, -0.2) is 0 Å². The van der Waals surface area contributed by atoms with E-state index in [1.54, 1.807) is 0 Å². The summed E-state index contributed by atoms with van der Waals surface area (Å²) in [5.41, 5.74) is 0. The minimum atomic E-state index is 0.908. The fourth-order valence-electron chi connectivity index (χ4n) is 1.00. The third-order valence-corrected chi connectivity index (χ3v) is 1.68. The molecule has 0 saturated heterocycles. The molecule has 0 N–H and O–H groups in total. The van der Waals surface area contributed by atoms with Crippen LogP contribution >= 0.6 is 0 Å². The van der Waals surface area contributed by atoms with Crippen LogP contribution in [0.25, 0.3) is 0 Å². The highest BCUT2D eigenvalue weighted by Gasteiger charge is 1.74. The molecular weight excluding hydrogens is 156 g/mol. The van der Waals surface area contributed by atoms with Crippen molar-refractivity contribution in [2.24, 2.45) is 0 Å². The largest absolute Gasteiger partial charge is 0.0844 e. The van der Waals surface area contributed by atoms with E-state index in [4.69, 9.17) is 0 Å². The van der Waals surface area contributed by atoms with Gasteiger partial charge < -0.3 is 0 Å². The van der Waals surface area contributed by atoms with Gasteiger partial charge >= 0.3 is 0 Å². The van der Waals surface area contributed by atoms with E-state index in [1.807, 2.05) is 12.2 Å². The lowest BCUT2D eigenvalue weighted by molar-refractivity contribution is 1.28. The van der Waals surface area contributed by atoms with Gasteiger partial charge in [-0.15, -0.1) is 0 Å².